The summed E-state index contributed by atoms with van der Waals surface area (Å²) in [5.41, 5.74) is 0.205. The second-order valence-corrected chi connectivity index (χ2v) is 4.67. The van der Waals surface area contributed by atoms with Crippen molar-refractivity contribution < 1.29 is 14.6 Å². The molecule has 2 aromatic rings. The number of esters is 1. The molecule has 1 heterocycles. The minimum absolute atomic E-state index is 0.178. The van der Waals surface area contributed by atoms with E-state index in [0.29, 0.717) is 10.7 Å². The van der Waals surface area contributed by atoms with Gasteiger partial charge in [-0.1, -0.05) is 30.3 Å². The Morgan fingerprint density at radius 2 is 2.14 bits per heavy atom. The van der Waals surface area contributed by atoms with Crippen molar-refractivity contribution in [2.24, 2.45) is 10.2 Å². The van der Waals surface area contributed by atoms with Crippen LogP contribution < -0.4 is 0 Å². The van der Waals surface area contributed by atoms with Gasteiger partial charge in [-0.2, -0.15) is 0 Å². The first-order chi connectivity index (χ1) is 10.2. The molecule has 0 aliphatic heterocycles. The van der Waals surface area contributed by atoms with Gasteiger partial charge in [-0.25, -0.2) is 9.78 Å². The molecule has 0 saturated heterocycles. The number of thiazole rings is 1. The second kappa shape index (κ2) is 7.30. The summed E-state index contributed by atoms with van der Waals surface area (Å²) in [5, 5.41) is 20.0. The molecule has 0 amide bonds. The van der Waals surface area contributed by atoms with Crippen molar-refractivity contribution in [3.8, 4) is 0 Å². The summed E-state index contributed by atoms with van der Waals surface area (Å²) < 4.78 is 4.89. The Morgan fingerprint density at radius 3 is 2.76 bits per heavy atom. The minimum atomic E-state index is -0.737. The van der Waals surface area contributed by atoms with Crippen molar-refractivity contribution in [3.63, 3.8) is 0 Å². The molecule has 0 atom stereocenters. The predicted molar refractivity (Wildman–Crippen MR) is 79.3 cm³/mol. The van der Waals surface area contributed by atoms with Crippen molar-refractivity contribution in [2.45, 2.75) is 6.92 Å². The zero-order valence-electron chi connectivity index (χ0n) is 11.3. The highest BCUT2D eigenvalue weighted by Crippen LogP contribution is 2.21. The van der Waals surface area contributed by atoms with Crippen LogP contribution in [0, 0.1) is 0 Å². The summed E-state index contributed by atoms with van der Waals surface area (Å²) >= 11 is 1.27. The van der Waals surface area contributed by atoms with Gasteiger partial charge in [-0.05, 0) is 6.92 Å². The summed E-state index contributed by atoms with van der Waals surface area (Å²) in [6, 6.07) is 8.61. The highest BCUT2D eigenvalue weighted by Gasteiger charge is 2.18. The molecule has 0 unspecified atom stereocenters. The van der Waals surface area contributed by atoms with E-state index in [2.05, 4.69) is 15.2 Å². The highest BCUT2D eigenvalue weighted by molar-refractivity contribution is 7.13. The zero-order valence-corrected chi connectivity index (χ0v) is 12.1. The normalized spacial score (nSPS) is 12.2. The highest BCUT2D eigenvalue weighted by atomic mass is 32.1. The van der Waals surface area contributed by atoms with Crippen molar-refractivity contribution in [3.05, 3.63) is 53.2 Å². The zero-order chi connectivity index (χ0) is 15.1. The Hall–Kier alpha value is -2.54. The lowest BCUT2D eigenvalue weighted by atomic mass is 10.1. The van der Waals surface area contributed by atoms with Gasteiger partial charge in [0.1, 0.15) is 0 Å². The van der Waals surface area contributed by atoms with E-state index in [0.717, 1.165) is 0 Å². The molecule has 108 valence electrons. The number of hydrogen-bond donors (Lipinski definition) is 1. The Labute approximate surface area is 125 Å². The summed E-state index contributed by atoms with van der Waals surface area (Å²) in [6.45, 7) is 1.85. The van der Waals surface area contributed by atoms with Crippen LogP contribution in [-0.2, 0) is 9.53 Å². The molecule has 0 aliphatic carbocycles. The fourth-order valence-electron chi connectivity index (χ4n) is 1.48. The average molecular weight is 303 g/mol. The molecule has 1 aromatic heterocycles. The van der Waals surface area contributed by atoms with Crippen molar-refractivity contribution >= 4 is 28.2 Å². The number of carbonyl (C=O) groups is 1. The van der Waals surface area contributed by atoms with Gasteiger partial charge in [0, 0.05) is 17.1 Å². The van der Waals surface area contributed by atoms with Crippen LogP contribution in [0.4, 0.5) is 5.13 Å². The lowest BCUT2D eigenvalue weighted by Crippen LogP contribution is -2.08. The van der Waals surface area contributed by atoms with Gasteiger partial charge in [-0.3, -0.25) is 0 Å². The number of aliphatic hydroxyl groups excluding tert-OH is 1. The number of aromatic nitrogens is 1. The Balaban J connectivity index is 2.38. The molecule has 0 bridgehead atoms. The fraction of sp³-hybridized carbons (Fsp3) is 0.143. The first-order valence-corrected chi connectivity index (χ1v) is 7.07. The van der Waals surface area contributed by atoms with E-state index in [1.54, 1.807) is 48.8 Å². The van der Waals surface area contributed by atoms with E-state index in [4.69, 9.17) is 4.74 Å². The Bertz CT molecular complexity index is 651. The third-order valence-electron chi connectivity index (χ3n) is 2.40. The first-order valence-electron chi connectivity index (χ1n) is 6.19. The maximum absolute atomic E-state index is 11.9. The van der Waals surface area contributed by atoms with E-state index in [1.165, 1.54) is 11.3 Å². The van der Waals surface area contributed by atoms with Crippen molar-refractivity contribution in [1.29, 1.82) is 0 Å². The molecule has 0 radical (unpaired) electrons. The monoisotopic (exact) mass is 303 g/mol. The number of nitrogens with zero attached hydrogens (tertiary/aromatic N) is 3. The number of benzene rings is 1. The van der Waals surface area contributed by atoms with Gasteiger partial charge in [0.25, 0.3) is 0 Å². The third kappa shape index (κ3) is 3.96. The lowest BCUT2D eigenvalue weighted by Gasteiger charge is -2.05. The number of ether oxygens (including phenoxy) is 1. The van der Waals surface area contributed by atoms with E-state index >= 15 is 0 Å². The molecule has 0 spiro atoms. The minimum Gasteiger partial charge on any atom is -0.505 e. The number of azo groups is 1. The summed E-state index contributed by atoms with van der Waals surface area (Å²) in [7, 11) is 0. The Kier molecular flexibility index (Phi) is 5.16. The fourth-order valence-corrected chi connectivity index (χ4v) is 1.93. The Morgan fingerprint density at radius 1 is 1.38 bits per heavy atom. The first kappa shape index (κ1) is 14.9. The maximum Gasteiger partial charge on any atom is 0.362 e. The van der Waals surface area contributed by atoms with Crippen LogP contribution in [0.25, 0.3) is 5.76 Å². The van der Waals surface area contributed by atoms with Crippen LogP contribution in [0.15, 0.2) is 57.8 Å². The van der Waals surface area contributed by atoms with E-state index in [1.807, 2.05) is 0 Å². The molecule has 1 aromatic carbocycles. The summed E-state index contributed by atoms with van der Waals surface area (Å²) in [6.07, 6.45) is 1.57. The number of rotatable bonds is 5. The number of aliphatic hydroxyl groups is 1. The molecule has 7 heteroatoms. The maximum atomic E-state index is 11.9. The number of hydrogen-bond acceptors (Lipinski definition) is 7. The van der Waals surface area contributed by atoms with Crippen LogP contribution in [0.2, 0.25) is 0 Å². The molecule has 21 heavy (non-hydrogen) atoms. The molecule has 0 saturated carbocycles. The van der Waals surface area contributed by atoms with Gasteiger partial charge in [0.15, 0.2) is 5.76 Å². The largest absolute Gasteiger partial charge is 0.505 e. The molecule has 0 aliphatic rings. The van der Waals surface area contributed by atoms with E-state index in [-0.39, 0.29) is 18.1 Å². The van der Waals surface area contributed by atoms with E-state index < -0.39 is 5.97 Å². The molecular weight excluding hydrogens is 290 g/mol. The van der Waals surface area contributed by atoms with Gasteiger partial charge in [0.05, 0.1) is 6.61 Å². The van der Waals surface area contributed by atoms with Gasteiger partial charge < -0.3 is 9.84 Å². The summed E-state index contributed by atoms with van der Waals surface area (Å²) in [5.74, 6) is -1.02. The molecular formula is C14H13N3O3S. The van der Waals surface area contributed by atoms with Gasteiger partial charge in [-0.15, -0.1) is 21.6 Å². The van der Waals surface area contributed by atoms with Crippen LogP contribution in [0.1, 0.15) is 12.5 Å². The van der Waals surface area contributed by atoms with Crippen LogP contribution in [0.3, 0.4) is 0 Å². The standard InChI is InChI=1S/C14H13N3O3S/c1-2-20-13(19)11(16-17-14-15-8-9-21-14)12(18)10-6-4-3-5-7-10/h3-9,18H,2H2,1H3. The second-order valence-electron chi connectivity index (χ2n) is 3.80. The van der Waals surface area contributed by atoms with Crippen LogP contribution in [-0.4, -0.2) is 22.7 Å². The topological polar surface area (TPSA) is 84.1 Å². The quantitative estimate of drug-likeness (QED) is 0.395. The number of carbonyl (C=O) groups excluding carboxylic acids is 1. The van der Waals surface area contributed by atoms with Crippen LogP contribution in [0.5, 0.6) is 0 Å². The SMILES string of the molecule is CCOC(=O)C(N=Nc1nccs1)=C(O)c1ccccc1. The van der Waals surface area contributed by atoms with E-state index in [9.17, 15) is 9.90 Å². The lowest BCUT2D eigenvalue weighted by molar-refractivity contribution is -0.138. The molecule has 1 N–H and O–H groups in total. The van der Waals surface area contributed by atoms with Gasteiger partial charge >= 0.3 is 5.97 Å². The van der Waals surface area contributed by atoms with Gasteiger partial charge in [0.2, 0.25) is 10.8 Å². The average Bonchev–Trinajstić information content (AvgIpc) is 3.02. The molecule has 2 rings (SSSR count). The van der Waals surface area contributed by atoms with Crippen LogP contribution >= 0.6 is 11.3 Å². The molecule has 6 nitrogen and oxygen atoms in total. The van der Waals surface area contributed by atoms with Crippen molar-refractivity contribution in [2.75, 3.05) is 6.61 Å². The predicted octanol–water partition coefficient (Wildman–Crippen LogP) is 3.72. The third-order valence-corrected chi connectivity index (χ3v) is 3.05. The molecule has 0 fully saturated rings. The van der Waals surface area contributed by atoms with Crippen molar-refractivity contribution in [1.82, 2.24) is 4.98 Å². The summed E-state index contributed by atoms with van der Waals surface area (Å²) in [4.78, 5) is 15.8. The smallest absolute Gasteiger partial charge is 0.362 e.